The van der Waals surface area contributed by atoms with Gasteiger partial charge in [-0.25, -0.2) is 17.8 Å². The summed E-state index contributed by atoms with van der Waals surface area (Å²) < 4.78 is 40.4. The Morgan fingerprint density at radius 3 is 2.38 bits per heavy atom. The van der Waals surface area contributed by atoms with Crippen molar-refractivity contribution in [2.45, 2.75) is 24.3 Å². The fourth-order valence-corrected chi connectivity index (χ4v) is 4.50. The van der Waals surface area contributed by atoms with Gasteiger partial charge in [0.05, 0.1) is 0 Å². The molecule has 1 aliphatic carbocycles. The number of nitrogens with zero attached hydrogens (tertiary/aromatic N) is 2. The van der Waals surface area contributed by atoms with Crippen LogP contribution < -0.4 is 0 Å². The zero-order valence-corrected chi connectivity index (χ0v) is 15.0. The summed E-state index contributed by atoms with van der Waals surface area (Å²) in [5, 5.41) is -0.0198. The van der Waals surface area contributed by atoms with Gasteiger partial charge >= 0.3 is 0 Å². The Hall–Kier alpha value is -1.21. The minimum atomic E-state index is -3.83. The second kappa shape index (κ2) is 6.96. The molecule has 1 aromatic carbocycles. The van der Waals surface area contributed by atoms with Crippen LogP contribution in [0.5, 0.6) is 0 Å². The maximum atomic E-state index is 13.1. The topological polar surface area (TPSA) is 50.3 Å². The van der Waals surface area contributed by atoms with Gasteiger partial charge < -0.3 is 0 Å². The van der Waals surface area contributed by atoms with Crippen LogP contribution in [-0.2, 0) is 16.6 Å². The van der Waals surface area contributed by atoms with Crippen LogP contribution >= 0.6 is 23.2 Å². The largest absolute Gasteiger partial charge is 0.246 e. The molecule has 1 fully saturated rings. The fraction of sp³-hybridized carbons (Fsp3) is 0.312. The lowest BCUT2D eigenvalue weighted by atomic mass is 10.2. The highest BCUT2D eigenvalue weighted by atomic mass is 35.5. The molecule has 0 bridgehead atoms. The van der Waals surface area contributed by atoms with Gasteiger partial charge in [0.1, 0.15) is 15.9 Å². The third-order valence-electron chi connectivity index (χ3n) is 3.83. The molecule has 0 saturated heterocycles. The molecule has 0 radical (unpaired) electrons. The number of benzene rings is 1. The fourth-order valence-electron chi connectivity index (χ4n) is 2.36. The van der Waals surface area contributed by atoms with E-state index in [2.05, 4.69) is 4.98 Å². The van der Waals surface area contributed by atoms with Crippen molar-refractivity contribution in [2.75, 3.05) is 6.54 Å². The monoisotopic (exact) mass is 388 g/mol. The van der Waals surface area contributed by atoms with Gasteiger partial charge in [0, 0.05) is 13.1 Å². The zero-order chi connectivity index (χ0) is 17.3. The summed E-state index contributed by atoms with van der Waals surface area (Å²) in [5.74, 6) is -0.0143. The lowest BCUT2D eigenvalue weighted by Gasteiger charge is -2.22. The van der Waals surface area contributed by atoms with Crippen LogP contribution in [0.25, 0.3) is 0 Å². The predicted molar refractivity (Wildman–Crippen MR) is 91.0 cm³/mol. The van der Waals surface area contributed by atoms with Crippen molar-refractivity contribution in [3.63, 3.8) is 0 Å². The Bertz CT molecular complexity index is 840. The second-order valence-corrected chi connectivity index (χ2v) is 8.44. The highest BCUT2D eigenvalue weighted by Gasteiger charge is 2.33. The maximum Gasteiger partial charge on any atom is 0.246 e. The molecule has 0 aliphatic heterocycles. The van der Waals surface area contributed by atoms with Gasteiger partial charge in [-0.05, 0) is 48.6 Å². The van der Waals surface area contributed by atoms with Crippen molar-refractivity contribution in [2.24, 2.45) is 5.92 Å². The third kappa shape index (κ3) is 4.06. The van der Waals surface area contributed by atoms with E-state index in [1.807, 2.05) is 0 Å². The third-order valence-corrected chi connectivity index (χ3v) is 6.28. The molecular weight excluding hydrogens is 374 g/mol. The molecule has 1 heterocycles. The van der Waals surface area contributed by atoms with Crippen molar-refractivity contribution in [1.29, 1.82) is 0 Å². The first-order valence-electron chi connectivity index (χ1n) is 7.43. The molecule has 0 amide bonds. The first-order valence-corrected chi connectivity index (χ1v) is 9.62. The van der Waals surface area contributed by atoms with E-state index in [-0.39, 0.29) is 27.6 Å². The van der Waals surface area contributed by atoms with Crippen molar-refractivity contribution >= 4 is 33.2 Å². The summed E-state index contributed by atoms with van der Waals surface area (Å²) in [7, 11) is -3.83. The highest BCUT2D eigenvalue weighted by Crippen LogP contribution is 2.33. The molecule has 24 heavy (non-hydrogen) atoms. The van der Waals surface area contributed by atoms with Crippen molar-refractivity contribution in [1.82, 2.24) is 9.29 Å². The van der Waals surface area contributed by atoms with Gasteiger partial charge in [-0.3, -0.25) is 0 Å². The van der Waals surface area contributed by atoms with Crippen molar-refractivity contribution in [3.8, 4) is 0 Å². The number of hydrogen-bond donors (Lipinski definition) is 0. The van der Waals surface area contributed by atoms with E-state index in [0.29, 0.717) is 18.0 Å². The van der Waals surface area contributed by atoms with E-state index in [9.17, 15) is 12.8 Å². The quantitative estimate of drug-likeness (QED) is 0.699. The molecule has 1 aliphatic rings. The van der Waals surface area contributed by atoms with Crippen molar-refractivity contribution in [3.05, 3.63) is 58.1 Å². The first kappa shape index (κ1) is 17.6. The van der Waals surface area contributed by atoms with Gasteiger partial charge in [-0.15, -0.1) is 0 Å². The standard InChI is InChI=1S/C16H15Cl2FN2O2S/c17-15-8-7-14(16(18)20-15)24(22,23)21(9-11-1-2-11)10-12-3-5-13(19)6-4-12/h3-8,11H,1-2,9-10H2. The number of pyridine rings is 1. The van der Waals surface area contributed by atoms with E-state index in [0.717, 1.165) is 12.8 Å². The second-order valence-electron chi connectivity index (χ2n) is 5.79. The molecule has 0 atom stereocenters. The van der Waals surface area contributed by atoms with Crippen molar-refractivity contribution < 1.29 is 12.8 Å². The van der Waals surface area contributed by atoms with E-state index < -0.39 is 10.0 Å². The first-order chi connectivity index (χ1) is 11.4. The van der Waals surface area contributed by atoms with Crippen LogP contribution in [0.3, 0.4) is 0 Å². The van der Waals surface area contributed by atoms with E-state index in [1.54, 1.807) is 12.1 Å². The maximum absolute atomic E-state index is 13.1. The van der Waals surface area contributed by atoms with Gasteiger partial charge in [0.25, 0.3) is 0 Å². The Balaban J connectivity index is 1.92. The minimum Gasteiger partial charge on any atom is -0.223 e. The highest BCUT2D eigenvalue weighted by molar-refractivity contribution is 7.89. The summed E-state index contributed by atoms with van der Waals surface area (Å²) in [6.45, 7) is 0.552. The number of rotatable bonds is 6. The molecule has 0 spiro atoms. The van der Waals surface area contributed by atoms with Crippen LogP contribution in [0.4, 0.5) is 4.39 Å². The summed E-state index contributed by atoms with van der Waals surface area (Å²) >= 11 is 11.7. The van der Waals surface area contributed by atoms with Crippen LogP contribution in [0.1, 0.15) is 18.4 Å². The molecule has 2 aromatic rings. The lowest BCUT2D eigenvalue weighted by Crippen LogP contribution is -2.32. The van der Waals surface area contributed by atoms with Gasteiger partial charge in [0.2, 0.25) is 10.0 Å². The number of halogens is 3. The predicted octanol–water partition coefficient (Wildman–Crippen LogP) is 4.13. The molecule has 0 N–H and O–H groups in total. The number of sulfonamides is 1. The minimum absolute atomic E-state index is 0.0728. The molecule has 1 saturated carbocycles. The number of hydrogen-bond acceptors (Lipinski definition) is 3. The average Bonchev–Trinajstić information content (AvgIpc) is 3.32. The van der Waals surface area contributed by atoms with Gasteiger partial charge in [0.15, 0.2) is 5.15 Å². The van der Waals surface area contributed by atoms with E-state index >= 15 is 0 Å². The van der Waals surface area contributed by atoms with Gasteiger partial charge in [-0.1, -0.05) is 35.3 Å². The van der Waals surface area contributed by atoms with Crippen LogP contribution in [-0.4, -0.2) is 24.3 Å². The molecule has 4 nitrogen and oxygen atoms in total. The average molecular weight is 389 g/mol. The molecule has 8 heteroatoms. The molecule has 3 rings (SSSR count). The van der Waals surface area contributed by atoms with Gasteiger partial charge in [-0.2, -0.15) is 4.31 Å². The zero-order valence-electron chi connectivity index (χ0n) is 12.6. The summed E-state index contributed by atoms with van der Waals surface area (Å²) in [6.07, 6.45) is 2.00. The van der Waals surface area contributed by atoms with E-state index in [1.165, 1.54) is 28.6 Å². The SMILES string of the molecule is O=S(=O)(c1ccc(Cl)nc1Cl)N(Cc1ccc(F)cc1)CC1CC1. The van der Waals surface area contributed by atoms with Crippen LogP contribution in [0.2, 0.25) is 10.3 Å². The Morgan fingerprint density at radius 2 is 1.79 bits per heavy atom. The van der Waals surface area contributed by atoms with Crippen LogP contribution in [0.15, 0.2) is 41.3 Å². The van der Waals surface area contributed by atoms with E-state index in [4.69, 9.17) is 23.2 Å². The Kier molecular flexibility index (Phi) is 5.11. The molecule has 1 aromatic heterocycles. The summed E-state index contributed by atoms with van der Waals surface area (Å²) in [6, 6.07) is 8.53. The Labute approximate surface area is 150 Å². The summed E-state index contributed by atoms with van der Waals surface area (Å²) in [4.78, 5) is 3.74. The molecule has 0 unspecified atom stereocenters. The molecule has 128 valence electrons. The lowest BCUT2D eigenvalue weighted by molar-refractivity contribution is 0.390. The summed E-state index contributed by atoms with van der Waals surface area (Å²) in [5.41, 5.74) is 0.707. The normalized spacial score (nSPS) is 15.0. The molecular formula is C16H15Cl2FN2O2S. The number of aromatic nitrogens is 1. The Morgan fingerprint density at radius 1 is 1.12 bits per heavy atom. The van der Waals surface area contributed by atoms with Crippen LogP contribution in [0, 0.1) is 11.7 Å². The smallest absolute Gasteiger partial charge is 0.223 e.